The van der Waals surface area contributed by atoms with E-state index in [2.05, 4.69) is 0 Å². The van der Waals surface area contributed by atoms with Crippen LogP contribution in [0.2, 0.25) is 0 Å². The highest BCUT2D eigenvalue weighted by Crippen LogP contribution is 2.59. The Morgan fingerprint density at radius 2 is 1.87 bits per heavy atom. The molecule has 0 aromatic heterocycles. The highest BCUT2D eigenvalue weighted by molar-refractivity contribution is 8.23. The summed E-state index contributed by atoms with van der Waals surface area (Å²) in [5.41, 5.74) is 0.395. The number of rotatable bonds is 1. The van der Waals surface area contributed by atoms with E-state index in [0.29, 0.717) is 10.5 Å². The SMILES string of the molecule is CC(C)N1C(=O)c2ccccc2S1(O)O. The van der Waals surface area contributed by atoms with Crippen LogP contribution in [0.4, 0.5) is 0 Å². The Morgan fingerprint density at radius 1 is 1.27 bits per heavy atom. The van der Waals surface area contributed by atoms with Gasteiger partial charge in [-0.3, -0.25) is 13.9 Å². The van der Waals surface area contributed by atoms with Crippen molar-refractivity contribution in [1.29, 1.82) is 0 Å². The third kappa shape index (κ3) is 1.35. The summed E-state index contributed by atoms with van der Waals surface area (Å²) in [5, 5.41) is 0. The van der Waals surface area contributed by atoms with Gasteiger partial charge in [0, 0.05) is 6.04 Å². The molecule has 2 rings (SSSR count). The summed E-state index contributed by atoms with van der Waals surface area (Å²) in [5.74, 6) is -0.305. The number of carbonyl (C=O) groups is 1. The Labute approximate surface area is 90.0 Å². The van der Waals surface area contributed by atoms with Gasteiger partial charge in [0.15, 0.2) is 0 Å². The first-order chi connectivity index (χ1) is 6.96. The van der Waals surface area contributed by atoms with Crippen LogP contribution in [0.1, 0.15) is 24.2 Å². The molecule has 1 aliphatic rings. The van der Waals surface area contributed by atoms with E-state index in [0.717, 1.165) is 4.31 Å². The molecule has 0 atom stereocenters. The third-order valence-electron chi connectivity index (χ3n) is 2.36. The monoisotopic (exact) mass is 227 g/mol. The number of benzene rings is 1. The summed E-state index contributed by atoms with van der Waals surface area (Å²) < 4.78 is 21.1. The maximum absolute atomic E-state index is 11.9. The standard InChI is InChI=1S/C10H13NO3S/c1-7(2)11-10(12)8-5-3-4-6-9(8)15(11,13)14/h3-7,13-14H,1-2H3. The Bertz CT molecular complexity index is 417. The molecule has 5 heteroatoms. The van der Waals surface area contributed by atoms with E-state index in [1.807, 2.05) is 0 Å². The van der Waals surface area contributed by atoms with E-state index in [-0.39, 0.29) is 11.9 Å². The van der Waals surface area contributed by atoms with Crippen LogP contribution < -0.4 is 0 Å². The lowest BCUT2D eigenvalue weighted by Gasteiger charge is -2.39. The first-order valence-electron chi connectivity index (χ1n) is 4.67. The molecule has 15 heavy (non-hydrogen) atoms. The second-order valence-electron chi connectivity index (χ2n) is 3.74. The summed E-state index contributed by atoms with van der Waals surface area (Å²) in [7, 11) is -3.11. The highest BCUT2D eigenvalue weighted by atomic mass is 32.3. The molecule has 0 fully saturated rings. The fourth-order valence-electron chi connectivity index (χ4n) is 1.75. The predicted molar refractivity (Wildman–Crippen MR) is 58.9 cm³/mol. The number of fused-ring (bicyclic) bond motifs is 1. The zero-order chi connectivity index (χ0) is 11.2. The summed E-state index contributed by atoms with van der Waals surface area (Å²) in [6.07, 6.45) is 0. The van der Waals surface area contributed by atoms with Crippen molar-refractivity contribution in [3.63, 3.8) is 0 Å². The largest absolute Gasteiger partial charge is 0.277 e. The quantitative estimate of drug-likeness (QED) is 0.775. The lowest BCUT2D eigenvalue weighted by atomic mass is 10.2. The van der Waals surface area contributed by atoms with Crippen molar-refractivity contribution in [3.05, 3.63) is 29.8 Å². The van der Waals surface area contributed by atoms with Crippen molar-refractivity contribution in [2.45, 2.75) is 24.8 Å². The van der Waals surface area contributed by atoms with Gasteiger partial charge < -0.3 is 0 Å². The minimum atomic E-state index is -3.11. The summed E-state index contributed by atoms with van der Waals surface area (Å²) >= 11 is 0. The van der Waals surface area contributed by atoms with E-state index in [1.54, 1.807) is 38.1 Å². The van der Waals surface area contributed by atoms with Crippen LogP contribution in [0.15, 0.2) is 29.2 Å². The molecule has 1 aromatic carbocycles. The number of amides is 1. The molecule has 0 unspecified atom stereocenters. The van der Waals surface area contributed by atoms with Gasteiger partial charge in [-0.1, -0.05) is 22.9 Å². The smallest absolute Gasteiger partial charge is 0.274 e. The van der Waals surface area contributed by atoms with Gasteiger partial charge in [-0.05, 0) is 26.0 Å². The van der Waals surface area contributed by atoms with Crippen molar-refractivity contribution < 1.29 is 13.9 Å². The molecular formula is C10H13NO3S. The van der Waals surface area contributed by atoms with Gasteiger partial charge in [0.2, 0.25) is 0 Å². The molecule has 1 aliphatic heterocycles. The maximum Gasteiger partial charge on any atom is 0.274 e. The van der Waals surface area contributed by atoms with Gasteiger partial charge in [-0.15, -0.1) is 0 Å². The van der Waals surface area contributed by atoms with Gasteiger partial charge in [0.05, 0.1) is 10.5 Å². The molecule has 4 nitrogen and oxygen atoms in total. The average molecular weight is 227 g/mol. The highest BCUT2D eigenvalue weighted by Gasteiger charge is 2.42. The van der Waals surface area contributed by atoms with Gasteiger partial charge in [-0.25, -0.2) is 4.31 Å². The van der Waals surface area contributed by atoms with Crippen LogP contribution in [-0.4, -0.2) is 25.4 Å². The number of carbonyl (C=O) groups excluding carboxylic acids is 1. The molecule has 0 aliphatic carbocycles. The topological polar surface area (TPSA) is 60.8 Å². The molecule has 1 amide bonds. The summed E-state index contributed by atoms with van der Waals surface area (Å²) in [6.45, 7) is 3.52. The van der Waals surface area contributed by atoms with Gasteiger partial charge in [0.25, 0.3) is 5.91 Å². The van der Waals surface area contributed by atoms with Crippen LogP contribution in [0, 0.1) is 0 Å². The van der Waals surface area contributed by atoms with E-state index >= 15 is 0 Å². The number of hydrogen-bond donors (Lipinski definition) is 2. The number of nitrogens with zero attached hydrogens (tertiary/aromatic N) is 1. The van der Waals surface area contributed by atoms with Crippen molar-refractivity contribution >= 4 is 16.7 Å². The average Bonchev–Trinajstić information content (AvgIpc) is 2.36. The molecule has 0 spiro atoms. The van der Waals surface area contributed by atoms with Crippen LogP contribution in [0.25, 0.3) is 0 Å². The van der Waals surface area contributed by atoms with Crippen LogP contribution in [0.5, 0.6) is 0 Å². The van der Waals surface area contributed by atoms with Gasteiger partial charge in [0.1, 0.15) is 0 Å². The Balaban J connectivity index is 2.60. The van der Waals surface area contributed by atoms with Gasteiger partial charge in [-0.2, -0.15) is 0 Å². The van der Waals surface area contributed by atoms with Crippen molar-refractivity contribution in [2.75, 3.05) is 0 Å². The first-order valence-corrected chi connectivity index (χ1v) is 6.17. The van der Waals surface area contributed by atoms with Gasteiger partial charge >= 0.3 is 0 Å². The lowest BCUT2D eigenvalue weighted by Crippen LogP contribution is -2.33. The summed E-state index contributed by atoms with van der Waals surface area (Å²) in [6, 6.07) is 6.40. The normalized spacial score (nSPS) is 20.6. The first kappa shape index (κ1) is 10.5. The molecule has 0 bridgehead atoms. The fraction of sp³-hybridized carbons (Fsp3) is 0.300. The Hall–Kier alpha value is -1.04. The van der Waals surface area contributed by atoms with E-state index in [9.17, 15) is 13.9 Å². The van der Waals surface area contributed by atoms with E-state index < -0.39 is 10.8 Å². The Kier molecular flexibility index (Phi) is 2.26. The second kappa shape index (κ2) is 3.23. The van der Waals surface area contributed by atoms with E-state index in [4.69, 9.17) is 0 Å². The van der Waals surface area contributed by atoms with Crippen LogP contribution in [-0.2, 0) is 0 Å². The van der Waals surface area contributed by atoms with Crippen molar-refractivity contribution in [1.82, 2.24) is 4.31 Å². The lowest BCUT2D eigenvalue weighted by molar-refractivity contribution is 0.0836. The number of hydrogen-bond acceptors (Lipinski definition) is 3. The predicted octanol–water partition coefficient (Wildman–Crippen LogP) is 2.58. The molecule has 2 N–H and O–H groups in total. The molecular weight excluding hydrogens is 214 g/mol. The zero-order valence-corrected chi connectivity index (χ0v) is 9.36. The molecule has 0 saturated heterocycles. The minimum Gasteiger partial charge on any atom is -0.277 e. The molecule has 1 heterocycles. The second-order valence-corrected chi connectivity index (χ2v) is 5.61. The minimum absolute atomic E-state index is 0.227. The fourth-order valence-corrected chi connectivity index (χ4v) is 3.59. The molecule has 0 saturated carbocycles. The molecule has 0 radical (unpaired) electrons. The van der Waals surface area contributed by atoms with Crippen LogP contribution >= 0.6 is 10.8 Å². The zero-order valence-electron chi connectivity index (χ0n) is 8.54. The van der Waals surface area contributed by atoms with Crippen molar-refractivity contribution in [3.8, 4) is 0 Å². The summed E-state index contributed by atoms with van der Waals surface area (Å²) in [4.78, 5) is 12.2. The van der Waals surface area contributed by atoms with Crippen LogP contribution in [0.3, 0.4) is 0 Å². The molecule has 1 aromatic rings. The maximum atomic E-state index is 11.9. The van der Waals surface area contributed by atoms with Crippen molar-refractivity contribution in [2.24, 2.45) is 0 Å². The van der Waals surface area contributed by atoms with E-state index in [1.165, 1.54) is 0 Å². The molecule has 82 valence electrons. The third-order valence-corrected chi connectivity index (χ3v) is 4.44. The Morgan fingerprint density at radius 3 is 2.40 bits per heavy atom.